The summed E-state index contributed by atoms with van der Waals surface area (Å²) >= 11 is 0. The average molecular weight is 315 g/mol. The van der Waals surface area contributed by atoms with Gasteiger partial charge in [-0.25, -0.2) is 0 Å². The van der Waals surface area contributed by atoms with Gasteiger partial charge in [0.1, 0.15) is 5.75 Å². The second-order valence-electron chi connectivity index (χ2n) is 4.61. The Hall–Kier alpha value is -2.33. The number of carbonyl (C=O) groups excluding carboxylic acids is 1. The number of aliphatic hydroxyl groups is 1. The first-order chi connectivity index (χ1) is 11.1. The molecule has 4 heteroatoms. The lowest BCUT2D eigenvalue weighted by molar-refractivity contribution is -0.132. The van der Waals surface area contributed by atoms with Gasteiger partial charge in [-0.15, -0.1) is 0 Å². The number of phenols is 1. The van der Waals surface area contributed by atoms with Gasteiger partial charge in [0.15, 0.2) is 5.60 Å². The van der Waals surface area contributed by atoms with E-state index in [1.165, 1.54) is 11.0 Å². The van der Waals surface area contributed by atoms with Gasteiger partial charge in [-0.1, -0.05) is 64.1 Å². The molecule has 1 heterocycles. The largest absolute Gasteiger partial charge is 0.508 e. The van der Waals surface area contributed by atoms with Gasteiger partial charge in [-0.05, 0) is 12.1 Å². The molecule has 2 aromatic carbocycles. The SMILES string of the molecule is CC.CC.CN1C(=O)C(O)(c2ccccc2O)c2ccccc21. The molecule has 1 atom stereocenters. The zero-order valence-corrected chi connectivity index (χ0v) is 14.4. The lowest BCUT2D eigenvalue weighted by Gasteiger charge is -2.23. The minimum atomic E-state index is -1.82. The number of likely N-dealkylation sites (N-methyl/N-ethyl adjacent to an activating group) is 1. The fraction of sp³-hybridized carbons (Fsp3) is 0.316. The number of rotatable bonds is 1. The van der Waals surface area contributed by atoms with Crippen LogP contribution in [0.5, 0.6) is 5.75 Å². The Morgan fingerprint density at radius 1 is 0.870 bits per heavy atom. The minimum absolute atomic E-state index is 0.0940. The maximum Gasteiger partial charge on any atom is 0.268 e. The summed E-state index contributed by atoms with van der Waals surface area (Å²) in [5.74, 6) is -0.557. The third-order valence-corrected chi connectivity index (χ3v) is 3.56. The van der Waals surface area contributed by atoms with Crippen LogP contribution in [0, 0.1) is 0 Å². The lowest BCUT2D eigenvalue weighted by Crippen LogP contribution is -2.39. The molecule has 3 rings (SSSR count). The van der Waals surface area contributed by atoms with Crippen LogP contribution in [0.4, 0.5) is 5.69 Å². The predicted molar refractivity (Wildman–Crippen MR) is 93.7 cm³/mol. The maximum atomic E-state index is 12.4. The molecular formula is C19H25NO3. The second-order valence-corrected chi connectivity index (χ2v) is 4.61. The van der Waals surface area contributed by atoms with Crippen molar-refractivity contribution in [3.63, 3.8) is 0 Å². The molecule has 1 aliphatic heterocycles. The van der Waals surface area contributed by atoms with Gasteiger partial charge >= 0.3 is 0 Å². The summed E-state index contributed by atoms with van der Waals surface area (Å²) in [5, 5.41) is 20.8. The highest BCUT2D eigenvalue weighted by atomic mass is 16.3. The molecular weight excluding hydrogens is 290 g/mol. The van der Waals surface area contributed by atoms with Gasteiger partial charge in [0.25, 0.3) is 5.91 Å². The molecule has 0 bridgehead atoms. The molecule has 2 aromatic rings. The van der Waals surface area contributed by atoms with Crippen LogP contribution in [0.2, 0.25) is 0 Å². The number of phenolic OH excluding ortho intramolecular Hbond substituents is 1. The van der Waals surface area contributed by atoms with E-state index in [-0.39, 0.29) is 11.3 Å². The van der Waals surface area contributed by atoms with E-state index >= 15 is 0 Å². The predicted octanol–water partition coefficient (Wildman–Crippen LogP) is 3.66. The Balaban J connectivity index is 0.000000615. The normalized spacial score (nSPS) is 18.3. The van der Waals surface area contributed by atoms with E-state index in [1.54, 1.807) is 49.5 Å². The molecule has 1 amide bonds. The Bertz CT molecular complexity index is 669. The summed E-state index contributed by atoms with van der Waals surface area (Å²) in [6.07, 6.45) is 0. The number of hydrogen-bond acceptors (Lipinski definition) is 3. The molecule has 0 saturated carbocycles. The molecule has 0 aromatic heterocycles. The van der Waals surface area contributed by atoms with Crippen LogP contribution >= 0.6 is 0 Å². The second kappa shape index (κ2) is 7.79. The molecule has 0 radical (unpaired) electrons. The smallest absolute Gasteiger partial charge is 0.268 e. The van der Waals surface area contributed by atoms with Crippen LogP contribution in [0.3, 0.4) is 0 Å². The Morgan fingerprint density at radius 3 is 1.91 bits per heavy atom. The summed E-state index contributed by atoms with van der Waals surface area (Å²) in [6, 6.07) is 13.4. The third kappa shape index (κ3) is 2.94. The first-order valence-electron chi connectivity index (χ1n) is 7.95. The van der Waals surface area contributed by atoms with Crippen molar-refractivity contribution in [3.8, 4) is 5.75 Å². The van der Waals surface area contributed by atoms with Gasteiger partial charge in [0.2, 0.25) is 0 Å². The molecule has 1 unspecified atom stereocenters. The number of carbonyl (C=O) groups is 1. The van der Waals surface area contributed by atoms with Crippen LogP contribution < -0.4 is 4.90 Å². The highest BCUT2D eigenvalue weighted by Crippen LogP contribution is 2.45. The number of nitrogens with zero attached hydrogens (tertiary/aromatic N) is 1. The fourth-order valence-corrected chi connectivity index (χ4v) is 2.58. The van der Waals surface area contributed by atoms with Crippen molar-refractivity contribution in [1.82, 2.24) is 0 Å². The number of benzene rings is 2. The molecule has 0 saturated heterocycles. The van der Waals surface area contributed by atoms with E-state index < -0.39 is 11.5 Å². The number of fused-ring (bicyclic) bond motifs is 1. The molecule has 0 spiro atoms. The lowest BCUT2D eigenvalue weighted by atomic mass is 9.87. The highest BCUT2D eigenvalue weighted by molar-refractivity contribution is 6.09. The number of para-hydroxylation sites is 2. The zero-order valence-electron chi connectivity index (χ0n) is 14.4. The first-order valence-corrected chi connectivity index (χ1v) is 7.95. The standard InChI is InChI=1S/C15H13NO3.2C2H6/c1-16-12-8-4-2-6-10(12)15(19,14(16)18)11-7-3-5-9-13(11)17;2*1-2/h2-9,17,19H,1H3;2*1-2H3. The molecule has 23 heavy (non-hydrogen) atoms. The topological polar surface area (TPSA) is 60.8 Å². The number of amides is 1. The van der Waals surface area contributed by atoms with Crippen LogP contribution in [-0.2, 0) is 10.4 Å². The van der Waals surface area contributed by atoms with Gasteiger partial charge in [0.05, 0.1) is 5.69 Å². The van der Waals surface area contributed by atoms with E-state index in [2.05, 4.69) is 0 Å². The summed E-state index contributed by atoms with van der Waals surface area (Å²) in [6.45, 7) is 8.00. The van der Waals surface area contributed by atoms with E-state index in [0.717, 1.165) is 0 Å². The molecule has 4 nitrogen and oxygen atoms in total. The fourth-order valence-electron chi connectivity index (χ4n) is 2.58. The first kappa shape index (κ1) is 18.7. The van der Waals surface area contributed by atoms with Gasteiger partial charge in [-0.2, -0.15) is 0 Å². The van der Waals surface area contributed by atoms with E-state index in [0.29, 0.717) is 11.3 Å². The van der Waals surface area contributed by atoms with Crippen molar-refractivity contribution < 1.29 is 15.0 Å². The van der Waals surface area contributed by atoms with Gasteiger partial charge < -0.3 is 15.1 Å². The number of aromatic hydroxyl groups is 1. The Morgan fingerprint density at radius 2 is 1.35 bits per heavy atom. The monoisotopic (exact) mass is 315 g/mol. The van der Waals surface area contributed by atoms with Crippen molar-refractivity contribution in [3.05, 3.63) is 59.7 Å². The molecule has 0 fully saturated rings. The summed E-state index contributed by atoms with van der Waals surface area (Å²) in [5.41, 5.74) is -0.476. The van der Waals surface area contributed by atoms with Crippen molar-refractivity contribution in [2.24, 2.45) is 0 Å². The minimum Gasteiger partial charge on any atom is -0.508 e. The van der Waals surface area contributed by atoms with E-state index in [1.807, 2.05) is 27.7 Å². The van der Waals surface area contributed by atoms with Crippen molar-refractivity contribution in [1.29, 1.82) is 0 Å². The molecule has 2 N–H and O–H groups in total. The molecule has 0 aliphatic carbocycles. The number of hydrogen-bond donors (Lipinski definition) is 2. The van der Waals surface area contributed by atoms with Crippen LogP contribution in [-0.4, -0.2) is 23.2 Å². The summed E-state index contributed by atoms with van der Waals surface area (Å²) in [4.78, 5) is 13.8. The summed E-state index contributed by atoms with van der Waals surface area (Å²) < 4.78 is 0. The zero-order chi connectivity index (χ0) is 17.6. The highest BCUT2D eigenvalue weighted by Gasteiger charge is 2.50. The number of anilines is 1. The van der Waals surface area contributed by atoms with E-state index in [4.69, 9.17) is 0 Å². The average Bonchev–Trinajstić information content (AvgIpc) is 2.82. The van der Waals surface area contributed by atoms with Crippen LogP contribution in [0.25, 0.3) is 0 Å². The van der Waals surface area contributed by atoms with Gasteiger partial charge in [0, 0.05) is 18.2 Å². The van der Waals surface area contributed by atoms with Crippen molar-refractivity contribution in [2.75, 3.05) is 11.9 Å². The molecule has 1 aliphatic rings. The Kier molecular flexibility index (Phi) is 6.34. The van der Waals surface area contributed by atoms with Crippen molar-refractivity contribution >= 4 is 11.6 Å². The van der Waals surface area contributed by atoms with Crippen LogP contribution in [0.15, 0.2) is 48.5 Å². The third-order valence-electron chi connectivity index (χ3n) is 3.56. The molecule has 124 valence electrons. The van der Waals surface area contributed by atoms with Crippen molar-refractivity contribution in [2.45, 2.75) is 33.3 Å². The van der Waals surface area contributed by atoms with E-state index in [9.17, 15) is 15.0 Å². The quantitative estimate of drug-likeness (QED) is 0.844. The summed E-state index contributed by atoms with van der Waals surface area (Å²) in [7, 11) is 1.61. The maximum absolute atomic E-state index is 12.4. The van der Waals surface area contributed by atoms with Gasteiger partial charge in [-0.3, -0.25) is 4.79 Å². The van der Waals surface area contributed by atoms with Crippen LogP contribution in [0.1, 0.15) is 38.8 Å². The Labute approximate surface area is 138 Å².